The van der Waals surface area contributed by atoms with E-state index in [0.29, 0.717) is 13.4 Å². The van der Waals surface area contributed by atoms with E-state index in [2.05, 4.69) is 100 Å². The molecule has 1 radical (unpaired) electrons. The third-order valence-corrected chi connectivity index (χ3v) is 6.76. The van der Waals surface area contributed by atoms with Crippen LogP contribution in [-0.4, -0.2) is 21.8 Å². The summed E-state index contributed by atoms with van der Waals surface area (Å²) < 4.78 is 9.77. The minimum Gasteiger partial charge on any atom is -0.537 e. The quantitative estimate of drug-likeness (QED) is 0.300. The summed E-state index contributed by atoms with van der Waals surface area (Å²) in [5, 5.41) is 13.9. The van der Waals surface area contributed by atoms with Crippen molar-refractivity contribution in [3.8, 4) is 17.1 Å². The second-order valence-corrected chi connectivity index (χ2v) is 8.64. The summed E-state index contributed by atoms with van der Waals surface area (Å²) in [6.45, 7) is 0. The van der Waals surface area contributed by atoms with Crippen LogP contribution in [0, 0.1) is 0 Å². The maximum absolute atomic E-state index is 8.98. The van der Waals surface area contributed by atoms with E-state index in [-0.39, 0.29) is 0 Å². The minimum atomic E-state index is 0.587. The van der Waals surface area contributed by atoms with Gasteiger partial charge in [0.2, 0.25) is 0 Å². The number of aromatic nitrogens is 2. The van der Waals surface area contributed by atoms with E-state index >= 15 is 0 Å². The Morgan fingerprint density at radius 2 is 1.00 bits per heavy atom. The Balaban J connectivity index is 1.61. The molecule has 0 aliphatic carbocycles. The maximum atomic E-state index is 8.98. The first-order valence-corrected chi connectivity index (χ1v) is 11.6. The molecule has 7 rings (SSSR count). The van der Waals surface area contributed by atoms with Crippen LogP contribution in [0.1, 0.15) is 0 Å². The Morgan fingerprint density at radius 1 is 0.486 bits per heavy atom. The van der Waals surface area contributed by atoms with E-state index in [9.17, 15) is 0 Å². The molecule has 1 N–H and O–H groups in total. The number of benzene rings is 5. The summed E-state index contributed by atoms with van der Waals surface area (Å²) >= 11 is 0. The molecule has 0 amide bonds. The fraction of sp³-hybridized carbons (Fsp3) is 0. The van der Waals surface area contributed by atoms with Crippen molar-refractivity contribution in [2.75, 3.05) is 0 Å². The molecule has 5 aromatic carbocycles. The fourth-order valence-corrected chi connectivity index (χ4v) is 5.30. The molecule has 2 heterocycles. The summed E-state index contributed by atoms with van der Waals surface area (Å²) in [6, 6.07) is 40.1. The lowest BCUT2D eigenvalue weighted by atomic mass is 10.1. The summed E-state index contributed by atoms with van der Waals surface area (Å²) in [5.74, 6) is 0.587. The van der Waals surface area contributed by atoms with Gasteiger partial charge in [-0.3, -0.25) is 0 Å². The molecule has 0 saturated heterocycles. The van der Waals surface area contributed by atoms with Gasteiger partial charge in [-0.15, -0.1) is 0 Å². The average Bonchev–Trinajstić information content (AvgIpc) is 3.41. The molecule has 5 heteroatoms. The predicted molar refractivity (Wildman–Crippen MR) is 144 cm³/mol. The molecule has 165 valence electrons. The lowest BCUT2D eigenvalue weighted by molar-refractivity contribution is 0.454. The third kappa shape index (κ3) is 2.99. The molecule has 0 aliphatic rings. The highest BCUT2D eigenvalue weighted by molar-refractivity contribution is 6.19. The monoisotopic (exact) mass is 451 g/mol. The van der Waals surface area contributed by atoms with Gasteiger partial charge >= 0.3 is 7.69 Å². The first-order chi connectivity index (χ1) is 17.3. The standard InChI is InChI=1S/C30H20BN2O2/c34-31-35-22-16-14-21(15-17-22)33-28-13-7-5-11-24(28)26-18-25-23-10-4-6-12-27(23)32(29(25)19-30(26)33)20-8-2-1-3-9-20/h1-19,34H. The van der Waals surface area contributed by atoms with Crippen LogP contribution in [0.15, 0.2) is 115 Å². The smallest absolute Gasteiger partial charge is 0.537 e. The van der Waals surface area contributed by atoms with Crippen molar-refractivity contribution in [1.82, 2.24) is 9.13 Å². The summed E-state index contributed by atoms with van der Waals surface area (Å²) in [5.41, 5.74) is 6.82. The Bertz CT molecular complexity index is 1850. The van der Waals surface area contributed by atoms with Gasteiger partial charge in [-0.1, -0.05) is 54.6 Å². The maximum Gasteiger partial charge on any atom is 0.569 e. The van der Waals surface area contributed by atoms with Crippen molar-refractivity contribution >= 4 is 51.3 Å². The number of nitrogens with zero attached hydrogens (tertiary/aromatic N) is 2. The van der Waals surface area contributed by atoms with Gasteiger partial charge < -0.3 is 18.8 Å². The Labute approximate surface area is 202 Å². The molecule has 0 aliphatic heterocycles. The van der Waals surface area contributed by atoms with E-state index in [1.165, 1.54) is 32.6 Å². The van der Waals surface area contributed by atoms with Crippen LogP contribution in [0.3, 0.4) is 0 Å². The summed E-state index contributed by atoms with van der Waals surface area (Å²) in [7, 11) is 0.703. The summed E-state index contributed by atoms with van der Waals surface area (Å²) in [6.07, 6.45) is 0. The molecule has 0 bridgehead atoms. The first kappa shape index (κ1) is 19.9. The van der Waals surface area contributed by atoms with E-state index in [4.69, 9.17) is 9.68 Å². The molecule has 4 nitrogen and oxygen atoms in total. The van der Waals surface area contributed by atoms with Gasteiger partial charge in [0.1, 0.15) is 5.75 Å². The van der Waals surface area contributed by atoms with Crippen LogP contribution >= 0.6 is 0 Å². The number of fused-ring (bicyclic) bond motifs is 6. The van der Waals surface area contributed by atoms with Crippen LogP contribution in [0.5, 0.6) is 5.75 Å². The zero-order chi connectivity index (χ0) is 23.4. The van der Waals surface area contributed by atoms with Crippen molar-refractivity contribution in [3.05, 3.63) is 115 Å². The van der Waals surface area contributed by atoms with Crippen molar-refractivity contribution in [1.29, 1.82) is 0 Å². The number of para-hydroxylation sites is 3. The number of hydrogen-bond acceptors (Lipinski definition) is 2. The lowest BCUT2D eigenvalue weighted by Gasteiger charge is -2.10. The molecule has 0 spiro atoms. The van der Waals surface area contributed by atoms with Gasteiger partial charge in [0, 0.05) is 32.9 Å². The van der Waals surface area contributed by atoms with Gasteiger partial charge in [0.25, 0.3) is 0 Å². The zero-order valence-electron chi connectivity index (χ0n) is 18.8. The van der Waals surface area contributed by atoms with Gasteiger partial charge in [-0.05, 0) is 60.7 Å². The van der Waals surface area contributed by atoms with Gasteiger partial charge in [0.15, 0.2) is 0 Å². The highest BCUT2D eigenvalue weighted by Crippen LogP contribution is 2.39. The van der Waals surface area contributed by atoms with Crippen molar-refractivity contribution < 1.29 is 9.68 Å². The van der Waals surface area contributed by atoms with Crippen molar-refractivity contribution in [2.24, 2.45) is 0 Å². The van der Waals surface area contributed by atoms with Crippen LogP contribution < -0.4 is 4.65 Å². The Hall–Kier alpha value is -4.48. The van der Waals surface area contributed by atoms with Crippen LogP contribution in [0.2, 0.25) is 0 Å². The number of rotatable bonds is 4. The molecular weight excluding hydrogens is 431 g/mol. The fourth-order valence-electron chi connectivity index (χ4n) is 5.30. The van der Waals surface area contributed by atoms with E-state index in [0.717, 1.165) is 22.4 Å². The average molecular weight is 451 g/mol. The Morgan fingerprint density at radius 3 is 1.57 bits per heavy atom. The second-order valence-electron chi connectivity index (χ2n) is 8.64. The van der Waals surface area contributed by atoms with Crippen molar-refractivity contribution in [2.45, 2.75) is 0 Å². The van der Waals surface area contributed by atoms with Gasteiger partial charge in [0.05, 0.1) is 22.1 Å². The molecule has 7 aromatic rings. The van der Waals surface area contributed by atoms with Crippen molar-refractivity contribution in [3.63, 3.8) is 0 Å². The first-order valence-electron chi connectivity index (χ1n) is 11.6. The molecule has 0 fully saturated rings. The van der Waals surface area contributed by atoms with Gasteiger partial charge in [-0.2, -0.15) is 0 Å². The summed E-state index contributed by atoms with van der Waals surface area (Å²) in [4.78, 5) is 0. The third-order valence-electron chi connectivity index (χ3n) is 6.76. The van der Waals surface area contributed by atoms with Crippen LogP contribution in [0.25, 0.3) is 55.0 Å². The molecule has 35 heavy (non-hydrogen) atoms. The predicted octanol–water partition coefficient (Wildman–Crippen LogP) is 6.79. The van der Waals surface area contributed by atoms with Crippen LogP contribution in [0.4, 0.5) is 0 Å². The molecule has 2 aromatic heterocycles. The SMILES string of the molecule is O[B]Oc1ccc(-n2c3ccccc3c3cc4c5ccccc5n(-c5ccccc5)c4cc32)cc1. The molecule has 0 unspecified atom stereocenters. The second kappa shape index (κ2) is 7.79. The van der Waals surface area contributed by atoms with E-state index < -0.39 is 0 Å². The number of hydrogen-bond donors (Lipinski definition) is 1. The molecule has 0 atom stereocenters. The zero-order valence-corrected chi connectivity index (χ0v) is 18.8. The van der Waals surface area contributed by atoms with Gasteiger partial charge in [-0.25, -0.2) is 0 Å². The van der Waals surface area contributed by atoms with Crippen LogP contribution in [-0.2, 0) is 0 Å². The lowest BCUT2D eigenvalue weighted by Crippen LogP contribution is -2.00. The largest absolute Gasteiger partial charge is 0.569 e. The van der Waals surface area contributed by atoms with E-state index in [1.54, 1.807) is 0 Å². The topological polar surface area (TPSA) is 39.3 Å². The Kier molecular flexibility index (Phi) is 4.44. The van der Waals surface area contributed by atoms with E-state index in [1.807, 2.05) is 24.3 Å². The normalized spacial score (nSPS) is 11.6. The highest BCUT2D eigenvalue weighted by Gasteiger charge is 2.18. The molecule has 0 saturated carbocycles. The molecular formula is C30H20BN2O2. The highest BCUT2D eigenvalue weighted by atomic mass is 16.5. The minimum absolute atomic E-state index is 0.587.